The van der Waals surface area contributed by atoms with Crippen molar-refractivity contribution in [1.82, 2.24) is 13.9 Å². The lowest BCUT2D eigenvalue weighted by Crippen LogP contribution is -2.44. The second-order valence-electron chi connectivity index (χ2n) is 7.43. The molecule has 2 heterocycles. The summed E-state index contributed by atoms with van der Waals surface area (Å²) in [6, 6.07) is 6.54. The SMILES string of the molecule is CS(=O)(=O)N1CCC[C@H](C(=O)NCc2ccc(S(=O)(=O)N3CCCC3)cc2)C1. The van der Waals surface area contributed by atoms with Crippen molar-refractivity contribution in [2.75, 3.05) is 32.4 Å². The van der Waals surface area contributed by atoms with Crippen molar-refractivity contribution in [2.45, 2.75) is 37.1 Å². The quantitative estimate of drug-likeness (QED) is 0.719. The van der Waals surface area contributed by atoms with E-state index in [1.807, 2.05) is 0 Å². The first-order valence-corrected chi connectivity index (χ1v) is 12.8. The van der Waals surface area contributed by atoms with Crippen LogP contribution in [0.25, 0.3) is 0 Å². The molecule has 2 saturated heterocycles. The lowest BCUT2D eigenvalue weighted by Gasteiger charge is -2.30. The Labute approximate surface area is 167 Å². The summed E-state index contributed by atoms with van der Waals surface area (Å²) in [5.74, 6) is -0.541. The highest BCUT2D eigenvalue weighted by atomic mass is 32.2. The summed E-state index contributed by atoms with van der Waals surface area (Å²) < 4.78 is 51.3. The van der Waals surface area contributed by atoms with E-state index < -0.39 is 20.0 Å². The second-order valence-corrected chi connectivity index (χ2v) is 11.4. The molecule has 0 bridgehead atoms. The molecule has 10 heteroatoms. The predicted molar refractivity (Wildman–Crippen MR) is 105 cm³/mol. The Kier molecular flexibility index (Phi) is 6.43. The average Bonchev–Trinajstić information content (AvgIpc) is 3.21. The number of nitrogens with zero attached hydrogens (tertiary/aromatic N) is 2. The van der Waals surface area contributed by atoms with Crippen molar-refractivity contribution >= 4 is 26.0 Å². The van der Waals surface area contributed by atoms with Gasteiger partial charge in [0.15, 0.2) is 0 Å². The summed E-state index contributed by atoms with van der Waals surface area (Å²) in [5.41, 5.74) is 0.796. The summed E-state index contributed by atoms with van der Waals surface area (Å²) >= 11 is 0. The van der Waals surface area contributed by atoms with Crippen LogP contribution < -0.4 is 5.32 Å². The minimum absolute atomic E-state index is 0.179. The van der Waals surface area contributed by atoms with E-state index in [4.69, 9.17) is 0 Å². The lowest BCUT2D eigenvalue weighted by molar-refractivity contribution is -0.126. The maximum Gasteiger partial charge on any atom is 0.243 e. The molecular formula is C18H27N3O5S2. The van der Waals surface area contributed by atoms with Gasteiger partial charge in [0.05, 0.1) is 17.1 Å². The number of piperidine rings is 1. The van der Waals surface area contributed by atoms with Gasteiger partial charge in [0.1, 0.15) is 0 Å². The number of benzene rings is 1. The first-order valence-electron chi connectivity index (χ1n) is 9.50. The van der Waals surface area contributed by atoms with Gasteiger partial charge >= 0.3 is 0 Å². The fourth-order valence-electron chi connectivity index (χ4n) is 3.65. The molecular weight excluding hydrogens is 402 g/mol. The van der Waals surface area contributed by atoms with Gasteiger partial charge in [-0.15, -0.1) is 0 Å². The number of hydrogen-bond acceptors (Lipinski definition) is 5. The van der Waals surface area contributed by atoms with Crippen LogP contribution in [-0.2, 0) is 31.4 Å². The Morgan fingerprint density at radius 1 is 1.00 bits per heavy atom. The normalized spacial score (nSPS) is 22.2. The molecule has 156 valence electrons. The molecule has 0 aromatic heterocycles. The maximum absolute atomic E-state index is 12.5. The minimum Gasteiger partial charge on any atom is -0.352 e. The van der Waals surface area contributed by atoms with Crippen molar-refractivity contribution in [2.24, 2.45) is 5.92 Å². The van der Waals surface area contributed by atoms with Crippen LogP contribution in [0.15, 0.2) is 29.2 Å². The highest BCUT2D eigenvalue weighted by molar-refractivity contribution is 7.89. The van der Waals surface area contributed by atoms with Gasteiger partial charge in [0.2, 0.25) is 26.0 Å². The minimum atomic E-state index is -3.44. The number of hydrogen-bond donors (Lipinski definition) is 1. The molecule has 0 saturated carbocycles. The van der Waals surface area contributed by atoms with Crippen LogP contribution in [0.3, 0.4) is 0 Å². The van der Waals surface area contributed by atoms with E-state index in [0.717, 1.165) is 24.7 Å². The molecule has 0 radical (unpaired) electrons. The summed E-state index contributed by atoms with van der Waals surface area (Å²) in [6.45, 7) is 2.06. The molecule has 2 aliphatic heterocycles. The van der Waals surface area contributed by atoms with Crippen LogP contribution in [0, 0.1) is 5.92 Å². The van der Waals surface area contributed by atoms with Gasteiger partial charge in [-0.2, -0.15) is 4.31 Å². The van der Waals surface area contributed by atoms with E-state index in [9.17, 15) is 21.6 Å². The summed E-state index contributed by atoms with van der Waals surface area (Å²) in [7, 11) is -6.73. The number of carbonyl (C=O) groups excluding carboxylic acids is 1. The van der Waals surface area contributed by atoms with Crippen LogP contribution in [0.1, 0.15) is 31.2 Å². The topological polar surface area (TPSA) is 104 Å². The van der Waals surface area contributed by atoms with Gasteiger partial charge < -0.3 is 5.32 Å². The van der Waals surface area contributed by atoms with Crippen molar-refractivity contribution in [1.29, 1.82) is 0 Å². The summed E-state index contributed by atoms with van der Waals surface area (Å²) in [5, 5.41) is 2.83. The molecule has 1 aromatic rings. The number of sulfonamides is 2. The average molecular weight is 430 g/mol. The summed E-state index contributed by atoms with van der Waals surface area (Å²) in [6.07, 6.45) is 4.26. The third-order valence-electron chi connectivity index (χ3n) is 5.32. The van der Waals surface area contributed by atoms with Gasteiger partial charge in [-0.1, -0.05) is 12.1 Å². The highest BCUT2D eigenvalue weighted by Gasteiger charge is 2.30. The van der Waals surface area contributed by atoms with E-state index in [0.29, 0.717) is 32.5 Å². The molecule has 2 fully saturated rings. The smallest absolute Gasteiger partial charge is 0.243 e. The van der Waals surface area contributed by atoms with E-state index in [1.54, 1.807) is 24.3 Å². The van der Waals surface area contributed by atoms with Crippen LogP contribution >= 0.6 is 0 Å². The maximum atomic E-state index is 12.5. The zero-order valence-corrected chi connectivity index (χ0v) is 17.6. The van der Waals surface area contributed by atoms with Gasteiger partial charge in [-0.3, -0.25) is 4.79 Å². The Hall–Kier alpha value is -1.49. The molecule has 0 spiro atoms. The van der Waals surface area contributed by atoms with Gasteiger partial charge in [0, 0.05) is 32.7 Å². The predicted octanol–water partition coefficient (Wildman–Crippen LogP) is 0.759. The number of carbonyl (C=O) groups is 1. The second kappa shape index (κ2) is 8.48. The largest absolute Gasteiger partial charge is 0.352 e. The zero-order valence-electron chi connectivity index (χ0n) is 16.0. The van der Waals surface area contributed by atoms with E-state index in [1.165, 1.54) is 8.61 Å². The van der Waals surface area contributed by atoms with Crippen molar-refractivity contribution < 1.29 is 21.6 Å². The fourth-order valence-corrected chi connectivity index (χ4v) is 6.08. The molecule has 0 aliphatic carbocycles. The molecule has 2 aliphatic rings. The Bertz CT molecular complexity index is 907. The first kappa shape index (κ1) is 21.2. The summed E-state index contributed by atoms with van der Waals surface area (Å²) in [4.78, 5) is 12.7. The van der Waals surface area contributed by atoms with E-state index in [-0.39, 0.29) is 29.8 Å². The van der Waals surface area contributed by atoms with Crippen LogP contribution in [-0.4, -0.2) is 63.8 Å². The fraction of sp³-hybridized carbons (Fsp3) is 0.611. The zero-order chi connectivity index (χ0) is 20.4. The van der Waals surface area contributed by atoms with Crippen LogP contribution in [0.4, 0.5) is 0 Å². The molecule has 1 atom stereocenters. The van der Waals surface area contributed by atoms with Crippen LogP contribution in [0.2, 0.25) is 0 Å². The van der Waals surface area contributed by atoms with Crippen LogP contribution in [0.5, 0.6) is 0 Å². The highest BCUT2D eigenvalue weighted by Crippen LogP contribution is 2.22. The third-order valence-corrected chi connectivity index (χ3v) is 8.50. The standard InChI is InChI=1S/C18H27N3O5S2/c1-27(23,24)21-12-4-5-16(14-21)18(22)19-13-15-6-8-17(9-7-15)28(25,26)20-10-2-3-11-20/h6-9,16H,2-5,10-14H2,1H3,(H,19,22)/t16-/m0/s1. The molecule has 28 heavy (non-hydrogen) atoms. The van der Waals surface area contributed by atoms with Crippen molar-refractivity contribution in [3.05, 3.63) is 29.8 Å². The van der Waals surface area contributed by atoms with Gasteiger partial charge in [-0.25, -0.2) is 21.1 Å². The van der Waals surface area contributed by atoms with Crippen molar-refractivity contribution in [3.8, 4) is 0 Å². The monoisotopic (exact) mass is 429 g/mol. The van der Waals surface area contributed by atoms with Gasteiger partial charge in [-0.05, 0) is 43.4 Å². The Morgan fingerprint density at radius 2 is 1.61 bits per heavy atom. The molecule has 0 unspecified atom stereocenters. The van der Waals surface area contributed by atoms with E-state index >= 15 is 0 Å². The number of nitrogens with one attached hydrogen (secondary N) is 1. The van der Waals surface area contributed by atoms with Gasteiger partial charge in [0.25, 0.3) is 0 Å². The molecule has 3 rings (SSSR count). The number of amides is 1. The Morgan fingerprint density at radius 3 is 2.21 bits per heavy atom. The Balaban J connectivity index is 1.57. The third kappa shape index (κ3) is 4.91. The molecule has 1 amide bonds. The number of rotatable bonds is 6. The van der Waals surface area contributed by atoms with Crippen molar-refractivity contribution in [3.63, 3.8) is 0 Å². The molecule has 1 aromatic carbocycles. The lowest BCUT2D eigenvalue weighted by atomic mass is 9.99. The molecule has 1 N–H and O–H groups in total. The first-order chi connectivity index (χ1) is 13.2. The van der Waals surface area contributed by atoms with E-state index in [2.05, 4.69) is 5.32 Å². The molecule has 8 nitrogen and oxygen atoms in total.